The summed E-state index contributed by atoms with van der Waals surface area (Å²) in [5.74, 6) is 1.73. The predicted molar refractivity (Wildman–Crippen MR) is 90.5 cm³/mol. The minimum Gasteiger partial charge on any atom is -0.493 e. The van der Waals surface area contributed by atoms with Gasteiger partial charge in [0.25, 0.3) is 0 Å². The van der Waals surface area contributed by atoms with Crippen molar-refractivity contribution in [3.05, 3.63) is 57.7 Å². The van der Waals surface area contributed by atoms with E-state index in [0.717, 1.165) is 16.7 Å². The van der Waals surface area contributed by atoms with Gasteiger partial charge in [0.05, 0.1) is 19.6 Å². The van der Waals surface area contributed by atoms with Crippen molar-refractivity contribution in [1.29, 1.82) is 0 Å². The van der Waals surface area contributed by atoms with Gasteiger partial charge in [0, 0.05) is 11.6 Å². The van der Waals surface area contributed by atoms with Gasteiger partial charge in [-0.25, -0.2) is 0 Å². The van der Waals surface area contributed by atoms with Crippen LogP contribution in [0.2, 0.25) is 0 Å². The van der Waals surface area contributed by atoms with Crippen LogP contribution in [-0.4, -0.2) is 14.2 Å². The van der Waals surface area contributed by atoms with Gasteiger partial charge in [0.1, 0.15) is 11.3 Å². The number of benzene rings is 2. The average molecular weight is 310 g/mol. The lowest BCUT2D eigenvalue weighted by Gasteiger charge is -2.10. The zero-order valence-electron chi connectivity index (χ0n) is 13.6. The fourth-order valence-electron chi connectivity index (χ4n) is 2.54. The number of ether oxygens (including phenoxy) is 2. The highest BCUT2D eigenvalue weighted by Gasteiger charge is 2.11. The highest BCUT2D eigenvalue weighted by molar-refractivity contribution is 5.80. The number of hydrogen-bond donors (Lipinski definition) is 0. The number of methoxy groups -OCH3 is 2. The van der Waals surface area contributed by atoms with Gasteiger partial charge in [0.15, 0.2) is 16.9 Å². The van der Waals surface area contributed by atoms with Crippen molar-refractivity contribution in [1.82, 2.24) is 0 Å². The molecule has 3 rings (SSSR count). The normalized spacial score (nSPS) is 10.8. The molecular weight excluding hydrogens is 292 g/mol. The van der Waals surface area contributed by atoms with Crippen LogP contribution in [0.15, 0.2) is 45.6 Å². The molecule has 0 atom stereocenters. The fourth-order valence-corrected chi connectivity index (χ4v) is 2.54. The Bertz CT molecular complexity index is 938. The highest BCUT2D eigenvalue weighted by atomic mass is 16.5. The largest absolute Gasteiger partial charge is 0.493 e. The standard InChI is InChI=1S/C19H18O4/c1-11-7-14-15(20)10-17(23-18(14)8-12(11)2)13-5-6-16(21-3)19(9-13)22-4/h5-10H,1-4H3. The Labute approximate surface area is 134 Å². The molecule has 2 aromatic carbocycles. The van der Waals surface area contributed by atoms with Gasteiger partial charge < -0.3 is 13.9 Å². The third kappa shape index (κ3) is 2.68. The van der Waals surface area contributed by atoms with Crippen LogP contribution >= 0.6 is 0 Å². The molecule has 0 saturated heterocycles. The summed E-state index contributed by atoms with van der Waals surface area (Å²) >= 11 is 0. The minimum atomic E-state index is -0.0564. The molecule has 118 valence electrons. The van der Waals surface area contributed by atoms with Crippen LogP contribution in [0.25, 0.3) is 22.3 Å². The van der Waals surface area contributed by atoms with E-state index >= 15 is 0 Å². The van der Waals surface area contributed by atoms with Crippen LogP contribution < -0.4 is 14.9 Å². The van der Waals surface area contributed by atoms with E-state index in [-0.39, 0.29) is 5.43 Å². The molecule has 0 bridgehead atoms. The Kier molecular flexibility index (Phi) is 3.82. The van der Waals surface area contributed by atoms with E-state index in [1.54, 1.807) is 26.4 Å². The molecule has 4 heteroatoms. The molecule has 0 aliphatic heterocycles. The first kappa shape index (κ1) is 15.2. The van der Waals surface area contributed by atoms with Crippen LogP contribution in [0.3, 0.4) is 0 Å². The Morgan fingerprint density at radius 3 is 2.26 bits per heavy atom. The van der Waals surface area contributed by atoms with Crippen molar-refractivity contribution < 1.29 is 13.9 Å². The Morgan fingerprint density at radius 1 is 0.870 bits per heavy atom. The molecule has 0 aliphatic rings. The summed E-state index contributed by atoms with van der Waals surface area (Å²) in [6.07, 6.45) is 0. The van der Waals surface area contributed by atoms with Crippen molar-refractivity contribution in [2.75, 3.05) is 14.2 Å². The molecule has 4 nitrogen and oxygen atoms in total. The predicted octanol–water partition coefficient (Wildman–Crippen LogP) is 4.09. The van der Waals surface area contributed by atoms with E-state index in [1.165, 1.54) is 6.07 Å². The van der Waals surface area contributed by atoms with Gasteiger partial charge in [-0.05, 0) is 55.3 Å². The van der Waals surface area contributed by atoms with E-state index in [4.69, 9.17) is 13.9 Å². The smallest absolute Gasteiger partial charge is 0.193 e. The molecule has 0 N–H and O–H groups in total. The monoisotopic (exact) mass is 310 g/mol. The molecule has 0 unspecified atom stereocenters. The molecule has 0 aliphatic carbocycles. The van der Waals surface area contributed by atoms with Crippen LogP contribution in [0.1, 0.15) is 11.1 Å². The van der Waals surface area contributed by atoms with E-state index < -0.39 is 0 Å². The topological polar surface area (TPSA) is 48.7 Å². The van der Waals surface area contributed by atoms with Crippen LogP contribution in [0, 0.1) is 13.8 Å². The summed E-state index contributed by atoms with van der Waals surface area (Å²) in [7, 11) is 3.16. The summed E-state index contributed by atoms with van der Waals surface area (Å²) in [6.45, 7) is 3.98. The van der Waals surface area contributed by atoms with Gasteiger partial charge in [-0.2, -0.15) is 0 Å². The second-order valence-electron chi connectivity index (χ2n) is 5.48. The van der Waals surface area contributed by atoms with Crippen molar-refractivity contribution in [3.8, 4) is 22.8 Å². The molecule has 1 aromatic heterocycles. The third-order valence-electron chi connectivity index (χ3n) is 4.01. The Hall–Kier alpha value is -2.75. The van der Waals surface area contributed by atoms with Crippen molar-refractivity contribution in [2.24, 2.45) is 0 Å². The lowest BCUT2D eigenvalue weighted by atomic mass is 10.1. The van der Waals surface area contributed by atoms with Gasteiger partial charge in [-0.1, -0.05) is 0 Å². The van der Waals surface area contributed by atoms with Crippen molar-refractivity contribution >= 4 is 11.0 Å². The molecule has 1 heterocycles. The summed E-state index contributed by atoms with van der Waals surface area (Å²) < 4.78 is 16.5. The molecule has 0 radical (unpaired) electrons. The van der Waals surface area contributed by atoms with E-state index in [1.807, 2.05) is 32.0 Å². The summed E-state index contributed by atoms with van der Waals surface area (Å²) in [5, 5.41) is 0.595. The third-order valence-corrected chi connectivity index (χ3v) is 4.01. The number of aryl methyl sites for hydroxylation is 2. The second kappa shape index (κ2) is 5.80. The summed E-state index contributed by atoms with van der Waals surface area (Å²) in [4.78, 5) is 12.4. The second-order valence-corrected chi connectivity index (χ2v) is 5.48. The van der Waals surface area contributed by atoms with E-state index in [0.29, 0.717) is 28.2 Å². The van der Waals surface area contributed by atoms with Crippen LogP contribution in [-0.2, 0) is 0 Å². The van der Waals surface area contributed by atoms with Gasteiger partial charge in [-0.15, -0.1) is 0 Å². The summed E-state index contributed by atoms with van der Waals surface area (Å²) in [5.41, 5.74) is 3.46. The first-order chi connectivity index (χ1) is 11.0. The molecular formula is C19H18O4. The first-order valence-electron chi connectivity index (χ1n) is 7.31. The van der Waals surface area contributed by atoms with Crippen molar-refractivity contribution in [2.45, 2.75) is 13.8 Å². The quantitative estimate of drug-likeness (QED) is 0.731. The van der Waals surface area contributed by atoms with Crippen LogP contribution in [0.4, 0.5) is 0 Å². The lowest BCUT2D eigenvalue weighted by molar-refractivity contribution is 0.355. The van der Waals surface area contributed by atoms with Gasteiger partial charge >= 0.3 is 0 Å². The molecule has 23 heavy (non-hydrogen) atoms. The molecule has 0 saturated carbocycles. The SMILES string of the molecule is COc1ccc(-c2cc(=O)c3cc(C)c(C)cc3o2)cc1OC. The lowest BCUT2D eigenvalue weighted by Crippen LogP contribution is -2.01. The van der Waals surface area contributed by atoms with E-state index in [9.17, 15) is 4.79 Å². The fraction of sp³-hybridized carbons (Fsp3) is 0.211. The first-order valence-corrected chi connectivity index (χ1v) is 7.31. The Balaban J connectivity index is 2.21. The van der Waals surface area contributed by atoms with E-state index in [2.05, 4.69) is 0 Å². The van der Waals surface area contributed by atoms with Crippen LogP contribution in [0.5, 0.6) is 11.5 Å². The molecule has 0 amide bonds. The number of rotatable bonds is 3. The van der Waals surface area contributed by atoms with Crippen molar-refractivity contribution in [3.63, 3.8) is 0 Å². The Morgan fingerprint density at radius 2 is 1.57 bits per heavy atom. The average Bonchev–Trinajstić information content (AvgIpc) is 2.55. The van der Waals surface area contributed by atoms with Gasteiger partial charge in [-0.3, -0.25) is 4.79 Å². The zero-order chi connectivity index (χ0) is 16.6. The highest BCUT2D eigenvalue weighted by Crippen LogP contribution is 2.32. The molecule has 0 spiro atoms. The van der Waals surface area contributed by atoms with Gasteiger partial charge in [0.2, 0.25) is 0 Å². The minimum absolute atomic E-state index is 0.0564. The maximum absolute atomic E-state index is 12.4. The number of hydrogen-bond acceptors (Lipinski definition) is 4. The maximum atomic E-state index is 12.4. The molecule has 0 fully saturated rings. The molecule has 3 aromatic rings. The number of fused-ring (bicyclic) bond motifs is 1. The maximum Gasteiger partial charge on any atom is 0.193 e. The summed E-state index contributed by atoms with van der Waals surface area (Å²) in [6, 6.07) is 10.7. The zero-order valence-corrected chi connectivity index (χ0v) is 13.6.